The number of aromatic amines is 2. The van der Waals surface area contributed by atoms with Crippen LogP contribution in [0, 0.1) is 0 Å². The standard InChI is InChI=1S/C16H18ClN7O2/c17-9-2-1-3-10(5-9)20-13-6-12(18)24-14(22-13)8(7-19-24)4-11-15(25)23-16(26)21-11/h4,6-7,9-10,25H,1-3,5,18H2,(H2,21,23,26). The molecule has 0 spiro atoms. The molecule has 0 aliphatic heterocycles. The summed E-state index contributed by atoms with van der Waals surface area (Å²) in [5.41, 5.74) is 6.83. The van der Waals surface area contributed by atoms with Gasteiger partial charge < -0.3 is 15.8 Å². The molecule has 3 aromatic heterocycles. The van der Waals surface area contributed by atoms with Crippen molar-refractivity contribution in [2.45, 2.75) is 37.1 Å². The van der Waals surface area contributed by atoms with Gasteiger partial charge in [-0.15, -0.1) is 11.6 Å². The minimum absolute atomic E-state index is 0.126. The SMILES string of the molecule is Nc1cc(=NC2CCCC(Cl)C2)nc2c(=Cc3[nH]c(=O)[nH]c3O)cnn12. The fourth-order valence-corrected chi connectivity index (χ4v) is 3.58. The largest absolute Gasteiger partial charge is 0.493 e. The van der Waals surface area contributed by atoms with Gasteiger partial charge in [0, 0.05) is 16.7 Å². The number of nitrogens with one attached hydrogen (secondary N) is 2. The van der Waals surface area contributed by atoms with Crippen molar-refractivity contribution in [1.82, 2.24) is 24.6 Å². The zero-order valence-electron chi connectivity index (χ0n) is 13.8. The predicted molar refractivity (Wildman–Crippen MR) is 96.7 cm³/mol. The van der Waals surface area contributed by atoms with Crippen LogP contribution in [0.25, 0.3) is 11.7 Å². The highest BCUT2D eigenvalue weighted by Crippen LogP contribution is 2.24. The molecule has 0 bridgehead atoms. The summed E-state index contributed by atoms with van der Waals surface area (Å²) in [5, 5.41) is 14.7. The Morgan fingerprint density at radius 2 is 2.27 bits per heavy atom. The van der Waals surface area contributed by atoms with Gasteiger partial charge in [-0.3, -0.25) is 9.98 Å². The monoisotopic (exact) mass is 375 g/mol. The second-order valence-corrected chi connectivity index (χ2v) is 7.02. The van der Waals surface area contributed by atoms with E-state index in [1.807, 2.05) is 0 Å². The van der Waals surface area contributed by atoms with Crippen LogP contribution in [0.4, 0.5) is 5.82 Å². The summed E-state index contributed by atoms with van der Waals surface area (Å²) >= 11 is 6.24. The fraction of sp³-hybridized carbons (Fsp3) is 0.375. The van der Waals surface area contributed by atoms with Crippen molar-refractivity contribution in [3.63, 3.8) is 0 Å². The van der Waals surface area contributed by atoms with Crippen molar-refractivity contribution in [1.29, 1.82) is 0 Å². The Labute approximate surface area is 152 Å². The number of aromatic hydroxyl groups is 1. The minimum atomic E-state index is -0.499. The van der Waals surface area contributed by atoms with Crippen LogP contribution in [-0.2, 0) is 0 Å². The molecule has 0 amide bonds. The van der Waals surface area contributed by atoms with E-state index in [-0.39, 0.29) is 23.0 Å². The molecule has 1 aliphatic carbocycles. The molecule has 1 fully saturated rings. The van der Waals surface area contributed by atoms with E-state index in [1.54, 1.807) is 18.3 Å². The average Bonchev–Trinajstić information content (AvgIpc) is 3.11. The fourth-order valence-electron chi connectivity index (χ4n) is 3.22. The summed E-state index contributed by atoms with van der Waals surface area (Å²) in [5.74, 6) is 0.150. The maximum atomic E-state index is 11.3. The van der Waals surface area contributed by atoms with Gasteiger partial charge in [0.1, 0.15) is 11.5 Å². The first-order valence-corrected chi connectivity index (χ1v) is 8.78. The lowest BCUT2D eigenvalue weighted by atomic mass is 9.95. The highest BCUT2D eigenvalue weighted by atomic mass is 35.5. The average molecular weight is 376 g/mol. The number of rotatable bonds is 2. The molecule has 26 heavy (non-hydrogen) atoms. The van der Waals surface area contributed by atoms with Crippen LogP contribution in [0.3, 0.4) is 0 Å². The van der Waals surface area contributed by atoms with Gasteiger partial charge in [-0.05, 0) is 31.8 Å². The lowest BCUT2D eigenvalue weighted by Crippen LogP contribution is -2.24. The first kappa shape index (κ1) is 16.6. The Balaban J connectivity index is 1.83. The van der Waals surface area contributed by atoms with E-state index in [1.165, 1.54) is 4.52 Å². The zero-order chi connectivity index (χ0) is 18.3. The Kier molecular flexibility index (Phi) is 4.15. The molecule has 136 valence electrons. The Bertz CT molecular complexity index is 1130. The number of nitrogen functional groups attached to an aromatic ring is 1. The lowest BCUT2D eigenvalue weighted by Gasteiger charge is -2.21. The summed E-state index contributed by atoms with van der Waals surface area (Å²) in [6.45, 7) is 0. The number of hydrogen-bond donors (Lipinski definition) is 4. The summed E-state index contributed by atoms with van der Waals surface area (Å²) in [6, 6.07) is 1.80. The second kappa shape index (κ2) is 6.49. The molecule has 0 aromatic carbocycles. The summed E-state index contributed by atoms with van der Waals surface area (Å²) in [4.78, 5) is 25.3. The van der Waals surface area contributed by atoms with Crippen LogP contribution in [0.15, 0.2) is 22.1 Å². The molecular formula is C16H18ClN7O2. The molecular weight excluding hydrogens is 358 g/mol. The molecule has 0 saturated heterocycles. The highest BCUT2D eigenvalue weighted by molar-refractivity contribution is 6.20. The highest BCUT2D eigenvalue weighted by Gasteiger charge is 2.19. The van der Waals surface area contributed by atoms with Crippen molar-refractivity contribution in [3.8, 4) is 5.88 Å². The van der Waals surface area contributed by atoms with Gasteiger partial charge in [0.15, 0.2) is 11.1 Å². The van der Waals surface area contributed by atoms with Crippen LogP contribution in [0.5, 0.6) is 5.88 Å². The molecule has 1 saturated carbocycles. The molecule has 1 aliphatic rings. The van der Waals surface area contributed by atoms with Crippen LogP contribution >= 0.6 is 11.6 Å². The maximum Gasteiger partial charge on any atom is 0.326 e. The smallest absolute Gasteiger partial charge is 0.326 e. The number of fused-ring (bicyclic) bond motifs is 1. The van der Waals surface area contributed by atoms with E-state index in [0.717, 1.165) is 25.7 Å². The van der Waals surface area contributed by atoms with Gasteiger partial charge in [0.25, 0.3) is 0 Å². The Morgan fingerprint density at radius 3 is 3.00 bits per heavy atom. The second-order valence-electron chi connectivity index (χ2n) is 6.41. The maximum absolute atomic E-state index is 11.3. The van der Waals surface area contributed by atoms with Crippen LogP contribution in [0.1, 0.15) is 31.4 Å². The molecule has 10 heteroatoms. The van der Waals surface area contributed by atoms with Crippen LogP contribution in [0.2, 0.25) is 0 Å². The molecule has 2 unspecified atom stereocenters. The molecule has 0 radical (unpaired) electrons. The number of anilines is 1. The first-order chi connectivity index (χ1) is 12.5. The van der Waals surface area contributed by atoms with Gasteiger partial charge in [-0.2, -0.15) is 9.61 Å². The Morgan fingerprint density at radius 1 is 1.42 bits per heavy atom. The molecule has 3 aromatic rings. The number of nitrogens with zero attached hydrogens (tertiary/aromatic N) is 4. The van der Waals surface area contributed by atoms with Crippen LogP contribution in [-0.4, -0.2) is 41.1 Å². The van der Waals surface area contributed by atoms with Gasteiger partial charge in [-0.25, -0.2) is 9.78 Å². The van der Waals surface area contributed by atoms with Gasteiger partial charge in [0.2, 0.25) is 5.88 Å². The molecule has 5 N–H and O–H groups in total. The lowest BCUT2D eigenvalue weighted by molar-refractivity contribution is 0.441. The zero-order valence-corrected chi connectivity index (χ0v) is 14.6. The van der Waals surface area contributed by atoms with Gasteiger partial charge in [-0.1, -0.05) is 0 Å². The van der Waals surface area contributed by atoms with Crippen molar-refractivity contribution >= 4 is 29.1 Å². The quantitative estimate of drug-likeness (QED) is 0.468. The van der Waals surface area contributed by atoms with E-state index in [9.17, 15) is 9.90 Å². The number of hydrogen-bond acceptors (Lipinski definition) is 6. The number of nitrogens with two attached hydrogens (primary N) is 1. The van der Waals surface area contributed by atoms with E-state index in [0.29, 0.717) is 22.2 Å². The van der Waals surface area contributed by atoms with E-state index < -0.39 is 5.69 Å². The summed E-state index contributed by atoms with van der Waals surface area (Å²) in [6.07, 6.45) is 7.00. The molecule has 4 rings (SSSR count). The molecule has 2 atom stereocenters. The van der Waals surface area contributed by atoms with Gasteiger partial charge in [0.05, 0.1) is 12.2 Å². The van der Waals surface area contributed by atoms with E-state index >= 15 is 0 Å². The third-order valence-electron chi connectivity index (χ3n) is 4.45. The van der Waals surface area contributed by atoms with Gasteiger partial charge >= 0.3 is 5.69 Å². The van der Waals surface area contributed by atoms with E-state index in [4.69, 9.17) is 17.3 Å². The summed E-state index contributed by atoms with van der Waals surface area (Å²) < 4.78 is 1.48. The number of alkyl halides is 1. The number of halogens is 1. The third-order valence-corrected chi connectivity index (χ3v) is 4.84. The number of aromatic nitrogens is 5. The van der Waals surface area contributed by atoms with Crippen molar-refractivity contribution in [2.75, 3.05) is 5.73 Å². The van der Waals surface area contributed by atoms with Crippen LogP contribution < -0.4 is 22.1 Å². The number of H-pyrrole nitrogens is 2. The van der Waals surface area contributed by atoms with Crippen molar-refractivity contribution < 1.29 is 5.11 Å². The summed E-state index contributed by atoms with van der Waals surface area (Å²) in [7, 11) is 0. The third kappa shape index (κ3) is 3.17. The topological polar surface area (TPSA) is 137 Å². The van der Waals surface area contributed by atoms with E-state index in [2.05, 4.69) is 25.0 Å². The number of imidazole rings is 1. The minimum Gasteiger partial charge on any atom is -0.493 e. The van der Waals surface area contributed by atoms with Crippen molar-refractivity contribution in [2.24, 2.45) is 4.99 Å². The normalized spacial score (nSPS) is 22.3. The predicted octanol–water partition coefficient (Wildman–Crippen LogP) is 0.0319. The first-order valence-electron chi connectivity index (χ1n) is 8.35. The molecule has 3 heterocycles. The van der Waals surface area contributed by atoms with Crippen molar-refractivity contribution in [3.05, 3.63) is 39.1 Å². The Hall–Kier alpha value is -2.81. The molecule has 9 nitrogen and oxygen atoms in total.